The highest BCUT2D eigenvalue weighted by Gasteiger charge is 2.39. The summed E-state index contributed by atoms with van der Waals surface area (Å²) in [5.74, 6) is 0.156. The molecule has 0 amide bonds. The summed E-state index contributed by atoms with van der Waals surface area (Å²) in [7, 11) is -6.93. The first-order valence-corrected chi connectivity index (χ1v) is 11.4. The van der Waals surface area contributed by atoms with Crippen LogP contribution in [0, 0.1) is 6.92 Å². The van der Waals surface area contributed by atoms with Gasteiger partial charge < -0.3 is 0 Å². The first kappa shape index (κ1) is 18.1. The number of piperidine rings is 1. The molecule has 0 aliphatic carbocycles. The molecule has 1 unspecified atom stereocenters. The van der Waals surface area contributed by atoms with E-state index >= 15 is 0 Å². The number of hydrogen-bond donors (Lipinski definition) is 0. The lowest BCUT2D eigenvalue weighted by Crippen LogP contribution is -2.50. The summed E-state index contributed by atoms with van der Waals surface area (Å²) in [6.45, 7) is 2.77. The molecule has 2 aliphatic heterocycles. The molecule has 3 rings (SSSR count). The Kier molecular flexibility index (Phi) is 4.96. The van der Waals surface area contributed by atoms with Gasteiger partial charge >= 0.3 is 0 Å². The van der Waals surface area contributed by atoms with Crippen molar-refractivity contribution in [2.24, 2.45) is 0 Å². The van der Waals surface area contributed by atoms with Gasteiger partial charge in [-0.25, -0.2) is 16.8 Å². The molecule has 2 fully saturated rings. The van der Waals surface area contributed by atoms with Gasteiger partial charge in [0, 0.05) is 30.7 Å². The first-order chi connectivity index (χ1) is 11.2. The van der Waals surface area contributed by atoms with E-state index in [0.717, 1.165) is 0 Å². The van der Waals surface area contributed by atoms with Crippen LogP contribution < -0.4 is 0 Å². The second kappa shape index (κ2) is 6.57. The summed E-state index contributed by atoms with van der Waals surface area (Å²) in [5.41, 5.74) is 0.523. The van der Waals surface area contributed by atoms with Gasteiger partial charge in [0.1, 0.15) is 0 Å². The number of sulfonamides is 2. The van der Waals surface area contributed by atoms with Gasteiger partial charge in [-0.1, -0.05) is 17.7 Å². The van der Waals surface area contributed by atoms with Crippen molar-refractivity contribution in [1.82, 2.24) is 8.61 Å². The molecule has 0 saturated carbocycles. The average molecular weight is 393 g/mol. The standard InChI is InChI=1S/C15H21ClN2O4S2/c1-12-14(16)6-2-7-15(12)24(21,22)17-8-3-5-13(11-17)18-9-4-10-23(18,19)20/h2,6-7,13H,3-5,8-11H2,1H3. The van der Waals surface area contributed by atoms with E-state index in [1.165, 1.54) is 8.61 Å². The van der Waals surface area contributed by atoms with Crippen molar-refractivity contribution in [1.29, 1.82) is 0 Å². The largest absolute Gasteiger partial charge is 0.243 e. The maximum Gasteiger partial charge on any atom is 0.243 e. The summed E-state index contributed by atoms with van der Waals surface area (Å²) in [5, 5.41) is 0.409. The molecule has 1 aromatic rings. The molecule has 2 saturated heterocycles. The van der Waals surface area contributed by atoms with Gasteiger partial charge in [0.05, 0.1) is 10.6 Å². The number of nitrogens with zero attached hydrogens (tertiary/aromatic N) is 2. The van der Waals surface area contributed by atoms with Crippen LogP contribution in [0.25, 0.3) is 0 Å². The number of hydrogen-bond acceptors (Lipinski definition) is 4. The van der Waals surface area contributed by atoms with Crippen LogP contribution >= 0.6 is 11.6 Å². The Hall–Kier alpha value is -0.670. The van der Waals surface area contributed by atoms with Crippen LogP contribution in [0.3, 0.4) is 0 Å². The van der Waals surface area contributed by atoms with Crippen LogP contribution in [0.1, 0.15) is 24.8 Å². The molecule has 2 heterocycles. The molecular formula is C15H21ClN2O4S2. The highest BCUT2D eigenvalue weighted by atomic mass is 35.5. The molecule has 0 N–H and O–H groups in total. The zero-order valence-electron chi connectivity index (χ0n) is 13.5. The Bertz CT molecular complexity index is 839. The van der Waals surface area contributed by atoms with Crippen molar-refractivity contribution in [2.45, 2.75) is 37.1 Å². The molecule has 24 heavy (non-hydrogen) atoms. The molecule has 134 valence electrons. The Morgan fingerprint density at radius 1 is 1.21 bits per heavy atom. The van der Waals surface area contributed by atoms with E-state index in [-0.39, 0.29) is 23.2 Å². The zero-order chi connectivity index (χ0) is 17.5. The molecule has 0 aromatic heterocycles. The molecule has 9 heteroatoms. The third kappa shape index (κ3) is 3.22. The molecular weight excluding hydrogens is 372 g/mol. The van der Waals surface area contributed by atoms with Crippen LogP contribution in [0.4, 0.5) is 0 Å². The van der Waals surface area contributed by atoms with Crippen LogP contribution in [0.2, 0.25) is 5.02 Å². The summed E-state index contributed by atoms with van der Waals surface area (Å²) < 4.78 is 53.1. The van der Waals surface area contributed by atoms with E-state index in [9.17, 15) is 16.8 Å². The quantitative estimate of drug-likeness (QED) is 0.786. The van der Waals surface area contributed by atoms with Gasteiger partial charge in [-0.15, -0.1) is 0 Å². The highest BCUT2D eigenvalue weighted by Crippen LogP contribution is 2.30. The van der Waals surface area contributed by atoms with E-state index in [1.54, 1.807) is 25.1 Å². The van der Waals surface area contributed by atoms with Crippen molar-refractivity contribution < 1.29 is 16.8 Å². The van der Waals surface area contributed by atoms with Crippen LogP contribution in [0.15, 0.2) is 23.1 Å². The average Bonchev–Trinajstić information content (AvgIpc) is 2.89. The van der Waals surface area contributed by atoms with Crippen molar-refractivity contribution >= 4 is 31.6 Å². The van der Waals surface area contributed by atoms with E-state index in [4.69, 9.17) is 11.6 Å². The molecule has 0 radical (unpaired) electrons. The second-order valence-electron chi connectivity index (χ2n) is 6.30. The third-order valence-corrected chi connectivity index (χ3v) is 9.16. The minimum Gasteiger partial charge on any atom is -0.212 e. The van der Waals surface area contributed by atoms with Gasteiger partial charge in [0.2, 0.25) is 20.0 Å². The lowest BCUT2D eigenvalue weighted by molar-refractivity contribution is 0.219. The lowest BCUT2D eigenvalue weighted by Gasteiger charge is -2.36. The summed E-state index contributed by atoms with van der Waals surface area (Å²) in [4.78, 5) is 0.194. The predicted octanol–water partition coefficient (Wildman–Crippen LogP) is 1.84. The minimum atomic E-state index is -3.69. The molecule has 1 atom stereocenters. The van der Waals surface area contributed by atoms with Crippen LogP contribution in [0.5, 0.6) is 0 Å². The zero-order valence-corrected chi connectivity index (χ0v) is 15.9. The second-order valence-corrected chi connectivity index (χ2v) is 10.7. The van der Waals surface area contributed by atoms with E-state index in [0.29, 0.717) is 42.9 Å². The minimum absolute atomic E-state index is 0.156. The summed E-state index contributed by atoms with van der Waals surface area (Å²) in [6.07, 6.45) is 1.95. The predicted molar refractivity (Wildman–Crippen MR) is 93.1 cm³/mol. The molecule has 6 nitrogen and oxygen atoms in total. The van der Waals surface area contributed by atoms with Gasteiger partial charge in [-0.2, -0.15) is 8.61 Å². The monoisotopic (exact) mass is 392 g/mol. The first-order valence-electron chi connectivity index (χ1n) is 7.98. The fourth-order valence-electron chi connectivity index (χ4n) is 3.45. The highest BCUT2D eigenvalue weighted by molar-refractivity contribution is 7.89. The van der Waals surface area contributed by atoms with E-state index < -0.39 is 20.0 Å². The van der Waals surface area contributed by atoms with Gasteiger partial charge in [-0.05, 0) is 43.9 Å². The molecule has 0 bridgehead atoms. The Labute approximate surface area is 148 Å². The Balaban J connectivity index is 1.88. The smallest absolute Gasteiger partial charge is 0.212 e. The van der Waals surface area contributed by atoms with Crippen molar-refractivity contribution in [3.05, 3.63) is 28.8 Å². The van der Waals surface area contributed by atoms with Crippen molar-refractivity contribution in [3.8, 4) is 0 Å². The van der Waals surface area contributed by atoms with Gasteiger partial charge in [-0.3, -0.25) is 0 Å². The van der Waals surface area contributed by atoms with Crippen LogP contribution in [-0.2, 0) is 20.0 Å². The summed E-state index contributed by atoms with van der Waals surface area (Å²) in [6, 6.07) is 4.55. The SMILES string of the molecule is Cc1c(Cl)cccc1S(=O)(=O)N1CCCC(N2CCCS2(=O)=O)C1. The number of halogens is 1. The maximum absolute atomic E-state index is 13.0. The third-order valence-electron chi connectivity index (χ3n) is 4.74. The van der Waals surface area contributed by atoms with E-state index in [1.807, 2.05) is 0 Å². The fraction of sp³-hybridized carbons (Fsp3) is 0.600. The fourth-order valence-corrected chi connectivity index (χ4v) is 7.21. The maximum atomic E-state index is 13.0. The van der Waals surface area contributed by atoms with Gasteiger partial charge in [0.15, 0.2) is 0 Å². The number of benzene rings is 1. The Morgan fingerprint density at radius 3 is 2.62 bits per heavy atom. The molecule has 2 aliphatic rings. The van der Waals surface area contributed by atoms with Crippen molar-refractivity contribution in [2.75, 3.05) is 25.4 Å². The van der Waals surface area contributed by atoms with Gasteiger partial charge in [0.25, 0.3) is 0 Å². The summed E-state index contributed by atoms with van der Waals surface area (Å²) >= 11 is 6.06. The Morgan fingerprint density at radius 2 is 1.96 bits per heavy atom. The lowest BCUT2D eigenvalue weighted by atomic mass is 10.1. The van der Waals surface area contributed by atoms with Crippen LogP contribution in [-0.4, -0.2) is 56.9 Å². The van der Waals surface area contributed by atoms with Crippen molar-refractivity contribution in [3.63, 3.8) is 0 Å². The molecule has 1 aromatic carbocycles. The normalized spacial score (nSPS) is 25.8. The topological polar surface area (TPSA) is 74.8 Å². The van der Waals surface area contributed by atoms with E-state index in [2.05, 4.69) is 0 Å². The number of rotatable bonds is 3. The molecule has 0 spiro atoms.